The molecule has 2 atom stereocenters. The van der Waals surface area contributed by atoms with Crippen LogP contribution in [0.3, 0.4) is 0 Å². The Morgan fingerprint density at radius 2 is 0.938 bits per heavy atom. The van der Waals surface area contributed by atoms with Gasteiger partial charge in [-0.2, -0.15) is 9.97 Å². The summed E-state index contributed by atoms with van der Waals surface area (Å²) in [5, 5.41) is 11.6. The largest absolute Gasteiger partial charge is 0.368 e. The number of hydrogen-bond acceptors (Lipinski definition) is 16. The van der Waals surface area contributed by atoms with Gasteiger partial charge in [0.05, 0.1) is 46.1 Å². The monoisotopic (exact) mass is 990 g/mol. The molecule has 0 radical (unpaired) electrons. The summed E-state index contributed by atoms with van der Waals surface area (Å²) in [7, 11) is -0.141. The topological polar surface area (TPSA) is 161 Å². The van der Waals surface area contributed by atoms with Crippen molar-refractivity contribution in [3.05, 3.63) is 114 Å². The summed E-state index contributed by atoms with van der Waals surface area (Å²) in [4.78, 5) is 34.9. The van der Waals surface area contributed by atoms with Crippen LogP contribution in [0, 0.1) is 0 Å². The number of halogens is 2. The Hall–Kier alpha value is -4.40. The minimum atomic E-state index is -1.05. The van der Waals surface area contributed by atoms with Crippen molar-refractivity contribution in [2.45, 2.75) is 48.8 Å². The first-order valence-corrected chi connectivity index (χ1v) is 26.8. The number of rotatable bonds is 13. The predicted molar refractivity (Wildman–Crippen MR) is 270 cm³/mol. The van der Waals surface area contributed by atoms with Gasteiger partial charge in [-0.3, -0.25) is 8.42 Å². The van der Waals surface area contributed by atoms with Crippen LogP contribution in [0.15, 0.2) is 82.6 Å². The van der Waals surface area contributed by atoms with Crippen molar-refractivity contribution in [2.24, 2.45) is 5.73 Å². The van der Waals surface area contributed by atoms with Crippen LogP contribution in [0.2, 0.25) is 10.0 Å². The van der Waals surface area contributed by atoms with E-state index in [0.29, 0.717) is 37.0 Å². The summed E-state index contributed by atoms with van der Waals surface area (Å²) in [6.45, 7) is 9.58. The Balaban J connectivity index is 0.000000164. The van der Waals surface area contributed by atoms with Gasteiger partial charge in [0.1, 0.15) is 21.4 Å². The molecule has 2 unspecified atom stereocenters. The second-order valence-corrected chi connectivity index (χ2v) is 22.4. The third kappa shape index (κ3) is 10.9. The van der Waals surface area contributed by atoms with Crippen LogP contribution in [0.1, 0.15) is 30.9 Å². The number of anilines is 6. The first kappa shape index (κ1) is 45.7. The molecular weight excluding hydrogens is 940 g/mol. The second-order valence-electron chi connectivity index (χ2n) is 16.0. The molecule has 2 aromatic carbocycles. The fourth-order valence-electron chi connectivity index (χ4n) is 8.28. The van der Waals surface area contributed by atoms with Gasteiger partial charge in [-0.05, 0) is 79.8 Å². The molecule has 4 aliphatic heterocycles. The number of aryl methyl sites for hydroxylation is 2. The fraction of sp³-hybridized carbons (Fsp3) is 0.378. The molecule has 20 heteroatoms. The number of benzene rings is 2. The minimum absolute atomic E-state index is 0.545. The summed E-state index contributed by atoms with van der Waals surface area (Å²) in [6, 6.07) is 24.4. The number of nitrogens with one attached hydrogen (secondary N) is 3. The highest BCUT2D eigenvalue weighted by molar-refractivity contribution is 7.85. The van der Waals surface area contributed by atoms with Crippen molar-refractivity contribution in [1.29, 1.82) is 0 Å². The fourth-order valence-corrected chi connectivity index (χ4v) is 13.0. The van der Waals surface area contributed by atoms with Gasteiger partial charge in [0.25, 0.3) is 0 Å². The van der Waals surface area contributed by atoms with Gasteiger partial charge in [0.2, 0.25) is 11.9 Å². The number of fused-ring (bicyclic) bond motifs is 2. The van der Waals surface area contributed by atoms with E-state index in [4.69, 9.17) is 48.9 Å². The SMILES string of the molecule is CNCc1ccc(CNc2nc(N3CCN(c4ccc(Cl)cc4)CC3)nc3c2S(=O)CC3)s1.NCc1ccc(CNc2nc(N3CCN(c4ccc(Cl)cc4)CC3)nc3c2S(=O)CC3)s1. The van der Waals surface area contributed by atoms with Crippen LogP contribution < -0.4 is 41.3 Å². The molecule has 14 nitrogen and oxygen atoms in total. The molecule has 65 heavy (non-hydrogen) atoms. The molecule has 0 saturated carbocycles. The van der Waals surface area contributed by atoms with Crippen LogP contribution in [0.5, 0.6) is 0 Å². The molecule has 4 aliphatic rings. The highest BCUT2D eigenvalue weighted by Gasteiger charge is 2.30. The number of nitrogens with zero attached hydrogens (tertiary/aromatic N) is 8. The van der Waals surface area contributed by atoms with E-state index in [-0.39, 0.29) is 0 Å². The lowest BCUT2D eigenvalue weighted by Gasteiger charge is -2.36. The summed E-state index contributed by atoms with van der Waals surface area (Å²) in [6.07, 6.45) is 1.47. The molecule has 2 saturated heterocycles. The van der Waals surface area contributed by atoms with Gasteiger partial charge in [0.15, 0.2) is 0 Å². The Kier molecular flexibility index (Phi) is 14.8. The Morgan fingerprint density at radius 1 is 0.554 bits per heavy atom. The zero-order valence-electron chi connectivity index (χ0n) is 36.1. The van der Waals surface area contributed by atoms with E-state index < -0.39 is 21.6 Å². The molecule has 342 valence electrons. The molecule has 10 rings (SSSR count). The zero-order chi connectivity index (χ0) is 44.9. The van der Waals surface area contributed by atoms with E-state index in [2.05, 4.69) is 84.1 Å². The molecule has 4 aromatic heterocycles. The van der Waals surface area contributed by atoms with Crippen LogP contribution in [0.4, 0.5) is 34.9 Å². The Labute approximate surface area is 402 Å². The van der Waals surface area contributed by atoms with E-state index in [1.807, 2.05) is 31.3 Å². The van der Waals surface area contributed by atoms with Crippen molar-refractivity contribution in [3.63, 3.8) is 0 Å². The van der Waals surface area contributed by atoms with Crippen LogP contribution in [-0.4, -0.2) is 99.3 Å². The number of aromatic nitrogens is 4. The molecule has 0 aliphatic carbocycles. The van der Waals surface area contributed by atoms with Crippen molar-refractivity contribution in [1.82, 2.24) is 25.3 Å². The molecule has 8 heterocycles. The lowest BCUT2D eigenvalue weighted by Crippen LogP contribution is -2.47. The normalized spacial score (nSPS) is 18.0. The van der Waals surface area contributed by atoms with Crippen molar-refractivity contribution in [3.8, 4) is 0 Å². The van der Waals surface area contributed by atoms with E-state index in [9.17, 15) is 8.42 Å². The third-order valence-electron chi connectivity index (χ3n) is 11.7. The number of piperazine rings is 2. The maximum absolute atomic E-state index is 12.7. The van der Waals surface area contributed by atoms with Gasteiger partial charge >= 0.3 is 0 Å². The van der Waals surface area contributed by atoms with Crippen molar-refractivity contribution in [2.75, 3.05) is 101 Å². The lowest BCUT2D eigenvalue weighted by molar-refractivity contribution is 0.637. The van der Waals surface area contributed by atoms with E-state index in [1.165, 1.54) is 26.0 Å². The summed E-state index contributed by atoms with van der Waals surface area (Å²) in [5.74, 6) is 4.10. The summed E-state index contributed by atoms with van der Waals surface area (Å²) >= 11 is 15.5. The predicted octanol–water partition coefficient (Wildman–Crippen LogP) is 6.77. The average Bonchev–Trinajstić information content (AvgIpc) is 4.16. The van der Waals surface area contributed by atoms with Crippen LogP contribution >= 0.6 is 45.9 Å². The molecular formula is C45H52Cl2N12O2S4. The van der Waals surface area contributed by atoms with Gasteiger partial charge in [-0.15, -0.1) is 22.7 Å². The van der Waals surface area contributed by atoms with Gasteiger partial charge in [-0.1, -0.05) is 23.2 Å². The number of thiophene rings is 2. The number of hydrogen-bond donors (Lipinski definition) is 4. The minimum Gasteiger partial charge on any atom is -0.368 e. The highest BCUT2D eigenvalue weighted by Crippen LogP contribution is 2.33. The van der Waals surface area contributed by atoms with Crippen molar-refractivity contribution >= 4 is 102 Å². The molecule has 2 fully saturated rings. The quantitative estimate of drug-likeness (QED) is 0.0961. The highest BCUT2D eigenvalue weighted by atomic mass is 35.5. The molecule has 0 spiro atoms. The smallest absolute Gasteiger partial charge is 0.227 e. The summed E-state index contributed by atoms with van der Waals surface area (Å²) < 4.78 is 25.3. The van der Waals surface area contributed by atoms with E-state index in [1.54, 1.807) is 22.7 Å². The zero-order valence-corrected chi connectivity index (χ0v) is 40.9. The second kappa shape index (κ2) is 21.1. The van der Waals surface area contributed by atoms with Gasteiger partial charge in [0, 0.05) is 131 Å². The standard InChI is InChI=1S/C23H27ClN6OS2.C22H25ClN6OS2/c1-25-14-18-6-7-19(32-18)15-26-22-21-20(8-13-33(21)31)27-23(28-22)30-11-9-29(10-12-30)17-4-2-16(24)3-5-17;23-15-1-3-16(4-2-15)28-8-10-29(11-9-28)22-26-19-7-12-32(30)20(19)21(27-22)25-14-18-6-5-17(13-24)31-18/h2-7,25H,8-15H2,1H3,(H,26,27,28);1-6H,7-14,24H2,(H,25,26,27). The van der Waals surface area contributed by atoms with E-state index in [0.717, 1.165) is 126 Å². The van der Waals surface area contributed by atoms with Crippen LogP contribution in [-0.2, 0) is 60.6 Å². The maximum Gasteiger partial charge on any atom is 0.227 e. The first-order valence-electron chi connectivity index (χ1n) is 21.8. The average molecular weight is 992 g/mol. The molecule has 5 N–H and O–H groups in total. The van der Waals surface area contributed by atoms with Gasteiger partial charge < -0.3 is 41.3 Å². The molecule has 6 aromatic rings. The van der Waals surface area contributed by atoms with Gasteiger partial charge in [-0.25, -0.2) is 9.97 Å². The van der Waals surface area contributed by atoms with Crippen molar-refractivity contribution < 1.29 is 8.42 Å². The third-order valence-corrected chi connectivity index (χ3v) is 17.3. The Bertz CT molecular complexity index is 2630. The first-order chi connectivity index (χ1) is 31.7. The molecule has 0 bridgehead atoms. The Morgan fingerprint density at radius 3 is 1.34 bits per heavy atom. The summed E-state index contributed by atoms with van der Waals surface area (Å²) in [5.41, 5.74) is 9.92. The van der Waals surface area contributed by atoms with E-state index >= 15 is 0 Å². The number of nitrogens with two attached hydrogens (primary N) is 1. The van der Waals surface area contributed by atoms with Crippen LogP contribution in [0.25, 0.3) is 0 Å². The lowest BCUT2D eigenvalue weighted by atomic mass is 10.2. The maximum atomic E-state index is 12.7. The molecule has 0 amide bonds.